The van der Waals surface area contributed by atoms with Crippen LogP contribution in [-0.4, -0.2) is 43.3 Å². The van der Waals surface area contributed by atoms with E-state index in [4.69, 9.17) is 10.5 Å². The average molecular weight is 248 g/mol. The van der Waals surface area contributed by atoms with Crippen LogP contribution in [0.3, 0.4) is 0 Å². The van der Waals surface area contributed by atoms with Gasteiger partial charge in [0.2, 0.25) is 0 Å². The molecular weight excluding hydrogens is 227 g/mol. The van der Waals surface area contributed by atoms with Crippen LogP contribution >= 0.6 is 0 Å². The fraction of sp³-hybridized carbons (Fsp3) is 1.00. The molecule has 87 valence electrons. The molecule has 4 heteroatoms. The summed E-state index contributed by atoms with van der Waals surface area (Å²) in [5.41, 5.74) is 7.79. The summed E-state index contributed by atoms with van der Waals surface area (Å²) in [6, 6.07) is 0.163. The first-order valence-corrected chi connectivity index (χ1v) is 5.81. The van der Waals surface area contributed by atoms with Crippen LogP contribution in [0.5, 0.6) is 0 Å². The van der Waals surface area contributed by atoms with E-state index in [-0.39, 0.29) is 24.6 Å². The number of ether oxygens (including phenoxy) is 1. The standard InChI is InChI=1S/C11H21N2O.V/c1-9-7-13(5-4-11(9)12)8-10-3-2-6-14-10;/h9-12H,2-8H2,1H3;/q-1;. The second kappa shape index (κ2) is 6.26. The first kappa shape index (κ1) is 13.5. The van der Waals surface area contributed by atoms with Gasteiger partial charge in [0, 0.05) is 31.7 Å². The zero-order chi connectivity index (χ0) is 9.97. The van der Waals surface area contributed by atoms with Crippen molar-refractivity contribution in [1.82, 2.24) is 4.90 Å². The van der Waals surface area contributed by atoms with Crippen molar-refractivity contribution in [3.05, 3.63) is 5.73 Å². The smallest absolute Gasteiger partial charge is 0.0702 e. The van der Waals surface area contributed by atoms with E-state index in [1.54, 1.807) is 0 Å². The van der Waals surface area contributed by atoms with Crippen LogP contribution in [0.4, 0.5) is 0 Å². The van der Waals surface area contributed by atoms with Crippen molar-refractivity contribution in [2.24, 2.45) is 5.92 Å². The third kappa shape index (κ3) is 3.75. The van der Waals surface area contributed by atoms with E-state index < -0.39 is 0 Å². The van der Waals surface area contributed by atoms with Crippen molar-refractivity contribution in [3.63, 3.8) is 0 Å². The second-order valence-electron chi connectivity index (χ2n) is 4.77. The Morgan fingerprint density at radius 2 is 2.20 bits per heavy atom. The third-order valence-corrected chi connectivity index (χ3v) is 3.48. The SMILES string of the molecule is CC1CN(CC2CCCO2)CCC1[NH-].[V]. The van der Waals surface area contributed by atoms with Gasteiger partial charge in [-0.05, 0) is 31.8 Å². The van der Waals surface area contributed by atoms with Crippen molar-refractivity contribution in [1.29, 1.82) is 0 Å². The monoisotopic (exact) mass is 248 g/mol. The molecule has 0 saturated carbocycles. The molecule has 0 aromatic heterocycles. The summed E-state index contributed by atoms with van der Waals surface area (Å²) in [5, 5.41) is 0. The number of hydrogen-bond donors (Lipinski definition) is 0. The summed E-state index contributed by atoms with van der Waals surface area (Å²) in [5.74, 6) is 0.533. The van der Waals surface area contributed by atoms with Crippen molar-refractivity contribution in [2.75, 3.05) is 26.2 Å². The molecule has 3 atom stereocenters. The largest absolute Gasteiger partial charge is 0.674 e. The van der Waals surface area contributed by atoms with Gasteiger partial charge in [-0.1, -0.05) is 13.3 Å². The number of hydrogen-bond acceptors (Lipinski definition) is 2. The molecule has 2 fully saturated rings. The molecule has 3 nitrogen and oxygen atoms in total. The molecule has 0 amide bonds. The van der Waals surface area contributed by atoms with E-state index in [1.165, 1.54) is 12.8 Å². The predicted molar refractivity (Wildman–Crippen MR) is 57.3 cm³/mol. The minimum atomic E-state index is 0. The molecule has 2 heterocycles. The predicted octanol–water partition coefficient (Wildman–Crippen LogP) is 1.93. The third-order valence-electron chi connectivity index (χ3n) is 3.48. The summed E-state index contributed by atoms with van der Waals surface area (Å²) in [6.45, 7) is 6.43. The Morgan fingerprint density at radius 1 is 1.40 bits per heavy atom. The summed E-state index contributed by atoms with van der Waals surface area (Å²) < 4.78 is 5.63. The van der Waals surface area contributed by atoms with Crippen molar-refractivity contribution < 1.29 is 23.3 Å². The maximum Gasteiger partial charge on any atom is 0.0702 e. The molecule has 0 aromatic carbocycles. The van der Waals surface area contributed by atoms with Crippen LogP contribution in [0, 0.1) is 5.92 Å². The van der Waals surface area contributed by atoms with Crippen molar-refractivity contribution >= 4 is 0 Å². The molecule has 15 heavy (non-hydrogen) atoms. The zero-order valence-corrected chi connectivity index (χ0v) is 10.9. The molecule has 2 aliphatic rings. The van der Waals surface area contributed by atoms with Gasteiger partial charge in [0.1, 0.15) is 0 Å². The summed E-state index contributed by atoms with van der Waals surface area (Å²) in [4.78, 5) is 2.48. The summed E-state index contributed by atoms with van der Waals surface area (Å²) in [7, 11) is 0. The fourth-order valence-electron chi connectivity index (χ4n) is 2.47. The molecular formula is C11H21N2OV-. The first-order chi connectivity index (χ1) is 6.75. The van der Waals surface area contributed by atoms with E-state index in [1.807, 2.05) is 0 Å². The van der Waals surface area contributed by atoms with Gasteiger partial charge in [-0.25, -0.2) is 0 Å². The minimum absolute atomic E-state index is 0. The Kier molecular flexibility index (Phi) is 5.65. The topological polar surface area (TPSA) is 36.3 Å². The van der Waals surface area contributed by atoms with Gasteiger partial charge in [-0.15, -0.1) is 6.04 Å². The number of rotatable bonds is 2. The van der Waals surface area contributed by atoms with Gasteiger partial charge >= 0.3 is 0 Å². The van der Waals surface area contributed by atoms with E-state index in [2.05, 4.69) is 11.8 Å². The summed E-state index contributed by atoms with van der Waals surface area (Å²) in [6.07, 6.45) is 3.97. The van der Waals surface area contributed by atoms with Crippen LogP contribution in [0.15, 0.2) is 0 Å². The average Bonchev–Trinajstić information content (AvgIpc) is 2.64. The normalized spacial score (nSPS) is 37.6. The van der Waals surface area contributed by atoms with Gasteiger partial charge in [0.15, 0.2) is 0 Å². The molecule has 3 unspecified atom stereocenters. The molecule has 2 aliphatic heterocycles. The Labute approximate surface area is 105 Å². The minimum Gasteiger partial charge on any atom is -0.674 e. The number of piperidine rings is 1. The van der Waals surface area contributed by atoms with Crippen LogP contribution in [0.1, 0.15) is 26.2 Å². The molecule has 0 bridgehead atoms. The van der Waals surface area contributed by atoms with Crippen LogP contribution < -0.4 is 0 Å². The van der Waals surface area contributed by atoms with E-state index in [0.29, 0.717) is 12.0 Å². The van der Waals surface area contributed by atoms with Crippen LogP contribution in [0.25, 0.3) is 5.73 Å². The maximum atomic E-state index is 7.79. The quantitative estimate of drug-likeness (QED) is 0.748. The van der Waals surface area contributed by atoms with Crippen molar-refractivity contribution in [2.45, 2.75) is 38.3 Å². The fourth-order valence-corrected chi connectivity index (χ4v) is 2.47. The van der Waals surface area contributed by atoms with Gasteiger partial charge in [0.05, 0.1) is 6.10 Å². The molecule has 0 aromatic rings. The van der Waals surface area contributed by atoms with Gasteiger partial charge in [-0.3, -0.25) is 0 Å². The number of nitrogens with zero attached hydrogens (tertiary/aromatic N) is 1. The maximum absolute atomic E-state index is 7.79. The van der Waals surface area contributed by atoms with Gasteiger partial charge in [-0.2, -0.15) is 0 Å². The Morgan fingerprint density at radius 3 is 2.80 bits per heavy atom. The molecule has 0 spiro atoms. The van der Waals surface area contributed by atoms with E-state index >= 15 is 0 Å². The molecule has 2 saturated heterocycles. The first-order valence-electron chi connectivity index (χ1n) is 5.81. The molecule has 1 radical (unpaired) electrons. The van der Waals surface area contributed by atoms with E-state index in [9.17, 15) is 0 Å². The molecule has 2 rings (SSSR count). The Hall–Kier alpha value is 0.464. The summed E-state index contributed by atoms with van der Waals surface area (Å²) >= 11 is 0. The molecule has 0 aliphatic carbocycles. The Balaban J connectivity index is 0.00000112. The van der Waals surface area contributed by atoms with Crippen LogP contribution in [-0.2, 0) is 23.3 Å². The van der Waals surface area contributed by atoms with E-state index in [0.717, 1.165) is 32.7 Å². The number of nitrogens with one attached hydrogen (secondary N) is 1. The van der Waals surface area contributed by atoms with Crippen LogP contribution in [0.2, 0.25) is 0 Å². The number of likely N-dealkylation sites (tertiary alicyclic amines) is 1. The molecule has 1 N–H and O–H groups in total. The second-order valence-corrected chi connectivity index (χ2v) is 4.77. The zero-order valence-electron chi connectivity index (χ0n) is 9.48. The van der Waals surface area contributed by atoms with Crippen molar-refractivity contribution in [3.8, 4) is 0 Å². The Bertz CT molecular complexity index is 185. The van der Waals surface area contributed by atoms with Gasteiger partial charge < -0.3 is 15.4 Å². The van der Waals surface area contributed by atoms with Gasteiger partial charge in [0.25, 0.3) is 0 Å².